The van der Waals surface area contributed by atoms with Gasteiger partial charge in [-0.2, -0.15) is 0 Å². The van der Waals surface area contributed by atoms with Gasteiger partial charge in [-0.15, -0.1) is 0 Å². The molecule has 2 aliphatic heterocycles. The number of aliphatic imine (C=N–C) groups is 1. The number of nitrogens with one attached hydrogen (secondary N) is 3. The Morgan fingerprint density at radius 1 is 1.24 bits per heavy atom. The van der Waals surface area contributed by atoms with Crippen molar-refractivity contribution in [3.05, 3.63) is 0 Å². The molecule has 4 amide bonds. The molecule has 0 spiro atoms. The van der Waals surface area contributed by atoms with Crippen LogP contribution >= 0.6 is 0 Å². The number of rotatable bonds is 5. The number of barbiturate groups is 1. The molecule has 0 radical (unpaired) electrons. The molecule has 8 heteroatoms. The van der Waals surface area contributed by atoms with E-state index in [0.29, 0.717) is 18.7 Å². The zero-order valence-corrected chi connectivity index (χ0v) is 12.1. The fourth-order valence-corrected chi connectivity index (χ4v) is 2.50. The van der Waals surface area contributed by atoms with Crippen molar-refractivity contribution in [3.63, 3.8) is 0 Å². The van der Waals surface area contributed by atoms with Crippen LogP contribution in [0.15, 0.2) is 4.99 Å². The molecule has 8 nitrogen and oxygen atoms in total. The Morgan fingerprint density at radius 3 is 2.43 bits per heavy atom. The summed E-state index contributed by atoms with van der Waals surface area (Å²) in [6.07, 6.45) is 0.498. The third-order valence-corrected chi connectivity index (χ3v) is 3.67. The van der Waals surface area contributed by atoms with Crippen LogP contribution in [0, 0.1) is 5.92 Å². The van der Waals surface area contributed by atoms with Gasteiger partial charge in [0.2, 0.25) is 11.8 Å². The highest BCUT2D eigenvalue weighted by Gasteiger charge is 2.37. The van der Waals surface area contributed by atoms with Crippen LogP contribution in [0.25, 0.3) is 0 Å². The summed E-state index contributed by atoms with van der Waals surface area (Å²) in [5.74, 6) is -2.18. The number of hydrogen-bond donors (Lipinski definition) is 3. The lowest BCUT2D eigenvalue weighted by Gasteiger charge is -2.24. The molecule has 2 saturated heterocycles. The number of amides is 4. The van der Waals surface area contributed by atoms with E-state index >= 15 is 0 Å². The first-order chi connectivity index (χ1) is 10.1. The summed E-state index contributed by atoms with van der Waals surface area (Å²) < 4.78 is 5.29. The number of imide groups is 2. The molecule has 0 aromatic carbocycles. The van der Waals surface area contributed by atoms with Crippen molar-refractivity contribution in [2.24, 2.45) is 10.9 Å². The minimum Gasteiger partial charge on any atom is -0.370 e. The lowest BCUT2D eigenvalue weighted by molar-refractivity contribution is -0.906. The number of morpholine rings is 1. The molecule has 0 bridgehead atoms. The van der Waals surface area contributed by atoms with E-state index in [0.717, 1.165) is 32.8 Å². The summed E-state index contributed by atoms with van der Waals surface area (Å²) in [5, 5.41) is 4.20. The third kappa shape index (κ3) is 4.08. The Hall–Kier alpha value is -1.80. The van der Waals surface area contributed by atoms with Gasteiger partial charge in [-0.25, -0.2) is 4.79 Å². The Bertz CT molecular complexity index is 437. The molecular formula is C13H21N4O4+. The highest BCUT2D eigenvalue weighted by atomic mass is 16.5. The van der Waals surface area contributed by atoms with Crippen molar-refractivity contribution in [1.82, 2.24) is 10.6 Å². The quantitative estimate of drug-likeness (QED) is 0.393. The number of ether oxygens (including phenoxy) is 1. The normalized spacial score (nSPS) is 22.1. The number of quaternary nitrogens is 1. The largest absolute Gasteiger partial charge is 0.370 e. The van der Waals surface area contributed by atoms with Crippen molar-refractivity contribution in [2.75, 3.05) is 39.4 Å². The number of nitrogens with zero attached hydrogens (tertiary/aromatic N) is 1. The van der Waals surface area contributed by atoms with E-state index < -0.39 is 23.8 Å². The van der Waals surface area contributed by atoms with Crippen LogP contribution in [0.1, 0.15) is 13.3 Å². The molecule has 3 N–H and O–H groups in total. The van der Waals surface area contributed by atoms with Crippen LogP contribution < -0.4 is 15.5 Å². The first-order valence-corrected chi connectivity index (χ1v) is 7.22. The summed E-state index contributed by atoms with van der Waals surface area (Å²) in [4.78, 5) is 40.4. The van der Waals surface area contributed by atoms with Crippen molar-refractivity contribution in [2.45, 2.75) is 13.3 Å². The van der Waals surface area contributed by atoms with E-state index in [4.69, 9.17) is 4.74 Å². The lowest BCUT2D eigenvalue weighted by Crippen LogP contribution is -3.14. The van der Waals surface area contributed by atoms with Gasteiger partial charge in [-0.3, -0.25) is 25.2 Å². The molecule has 0 aliphatic carbocycles. The topological polar surface area (TPSA) is 101 Å². The van der Waals surface area contributed by atoms with Gasteiger partial charge in [-0.1, -0.05) is 6.92 Å². The fourth-order valence-electron chi connectivity index (χ4n) is 2.50. The maximum absolute atomic E-state index is 11.8. The van der Waals surface area contributed by atoms with Gasteiger partial charge in [0.15, 0.2) is 5.92 Å². The summed E-state index contributed by atoms with van der Waals surface area (Å²) >= 11 is 0. The number of carbonyl (C=O) groups excluding carboxylic acids is 3. The van der Waals surface area contributed by atoms with Crippen molar-refractivity contribution >= 4 is 23.6 Å². The Labute approximate surface area is 122 Å². The zero-order valence-electron chi connectivity index (χ0n) is 12.1. The molecule has 2 fully saturated rings. The molecule has 2 rings (SSSR count). The van der Waals surface area contributed by atoms with Crippen molar-refractivity contribution in [3.8, 4) is 0 Å². The smallest absolute Gasteiger partial charge is 0.328 e. The van der Waals surface area contributed by atoms with Crippen LogP contribution in [0.5, 0.6) is 0 Å². The van der Waals surface area contributed by atoms with E-state index in [2.05, 4.69) is 15.6 Å². The van der Waals surface area contributed by atoms with Crippen LogP contribution in [-0.2, 0) is 14.3 Å². The SMILES string of the molecule is CCC(=NCC[NH+]1CCOCC1)C1C(=O)NC(=O)NC1=O. The summed E-state index contributed by atoms with van der Waals surface area (Å²) in [6.45, 7) is 6.68. The minimum atomic E-state index is -0.993. The highest BCUT2D eigenvalue weighted by Crippen LogP contribution is 2.08. The van der Waals surface area contributed by atoms with Gasteiger partial charge < -0.3 is 9.64 Å². The molecule has 0 unspecified atom stereocenters. The van der Waals surface area contributed by atoms with E-state index in [1.54, 1.807) is 0 Å². The third-order valence-electron chi connectivity index (χ3n) is 3.67. The van der Waals surface area contributed by atoms with E-state index in [1.807, 2.05) is 6.92 Å². The predicted octanol–water partition coefficient (Wildman–Crippen LogP) is -2.27. The van der Waals surface area contributed by atoms with E-state index in [1.165, 1.54) is 4.90 Å². The van der Waals surface area contributed by atoms with Gasteiger partial charge in [0.1, 0.15) is 13.1 Å². The lowest BCUT2D eigenvalue weighted by atomic mass is 9.97. The maximum Gasteiger partial charge on any atom is 0.328 e. The second kappa shape index (κ2) is 7.28. The van der Waals surface area contributed by atoms with Crippen LogP contribution in [0.2, 0.25) is 0 Å². The molecule has 0 aromatic rings. The van der Waals surface area contributed by atoms with Gasteiger partial charge >= 0.3 is 6.03 Å². The van der Waals surface area contributed by atoms with Gasteiger partial charge in [0.25, 0.3) is 0 Å². The number of urea groups is 1. The summed E-state index contributed by atoms with van der Waals surface area (Å²) in [6, 6.07) is -0.769. The van der Waals surface area contributed by atoms with E-state index in [-0.39, 0.29) is 0 Å². The molecule has 0 aromatic heterocycles. The monoisotopic (exact) mass is 297 g/mol. The molecule has 2 heterocycles. The van der Waals surface area contributed by atoms with E-state index in [9.17, 15) is 14.4 Å². The van der Waals surface area contributed by atoms with Gasteiger partial charge in [0, 0.05) is 5.71 Å². The highest BCUT2D eigenvalue weighted by molar-refractivity contribution is 6.27. The van der Waals surface area contributed by atoms with Crippen LogP contribution in [0.3, 0.4) is 0 Å². The van der Waals surface area contributed by atoms with Crippen molar-refractivity contribution in [1.29, 1.82) is 0 Å². The molecule has 0 saturated carbocycles. The molecule has 2 aliphatic rings. The number of hydrogen-bond acceptors (Lipinski definition) is 5. The molecule has 116 valence electrons. The average molecular weight is 297 g/mol. The average Bonchev–Trinajstić information content (AvgIpc) is 2.45. The zero-order chi connectivity index (χ0) is 15.2. The predicted molar refractivity (Wildman–Crippen MR) is 74.1 cm³/mol. The Kier molecular flexibility index (Phi) is 5.40. The maximum atomic E-state index is 11.8. The first-order valence-electron chi connectivity index (χ1n) is 7.22. The molecule has 21 heavy (non-hydrogen) atoms. The summed E-state index contributed by atoms with van der Waals surface area (Å²) in [5.41, 5.74) is 0.519. The van der Waals surface area contributed by atoms with Gasteiger partial charge in [0.05, 0.1) is 26.3 Å². The Balaban J connectivity index is 1.94. The second-order valence-electron chi connectivity index (χ2n) is 5.08. The first kappa shape index (κ1) is 15.6. The number of carbonyl (C=O) groups is 3. The summed E-state index contributed by atoms with van der Waals surface area (Å²) in [7, 11) is 0. The van der Waals surface area contributed by atoms with Crippen LogP contribution in [-0.4, -0.2) is 62.9 Å². The van der Waals surface area contributed by atoms with Gasteiger partial charge in [-0.05, 0) is 6.42 Å². The fraction of sp³-hybridized carbons (Fsp3) is 0.692. The molecule has 0 atom stereocenters. The Morgan fingerprint density at radius 2 is 1.86 bits per heavy atom. The minimum absolute atomic E-state index is 0.498. The second-order valence-corrected chi connectivity index (χ2v) is 5.08. The van der Waals surface area contributed by atoms with Crippen LogP contribution in [0.4, 0.5) is 4.79 Å². The standard InChI is InChI=1S/C13H20N4O4/c1-2-9(10-11(18)15-13(20)16-12(10)19)14-3-4-17-5-7-21-8-6-17/h10H,2-8H2,1H3,(H2,15,16,18,19,20)/p+1. The molecular weight excluding hydrogens is 276 g/mol. The van der Waals surface area contributed by atoms with Crippen molar-refractivity contribution < 1.29 is 24.0 Å².